The van der Waals surface area contributed by atoms with Crippen molar-refractivity contribution in [3.8, 4) is 5.75 Å². The number of nitrogens with one attached hydrogen (secondary N) is 1. The third-order valence-electron chi connectivity index (χ3n) is 2.32. The molecule has 1 aromatic rings. The van der Waals surface area contributed by atoms with Crippen molar-refractivity contribution in [3.63, 3.8) is 0 Å². The van der Waals surface area contributed by atoms with Crippen LogP contribution in [0.4, 0.5) is 5.69 Å². The SMILES string of the molecule is CCCOC(=O)c1ccc(NC(=O)CCN)c(O)c1. The predicted molar refractivity (Wildman–Crippen MR) is 71.0 cm³/mol. The van der Waals surface area contributed by atoms with Crippen LogP contribution in [0.5, 0.6) is 5.75 Å². The van der Waals surface area contributed by atoms with Crippen LogP contribution < -0.4 is 11.1 Å². The van der Waals surface area contributed by atoms with Crippen molar-refractivity contribution in [1.29, 1.82) is 0 Å². The minimum atomic E-state index is -0.503. The molecule has 6 nitrogen and oxygen atoms in total. The number of hydrogen-bond donors (Lipinski definition) is 3. The van der Waals surface area contributed by atoms with Gasteiger partial charge in [0.15, 0.2) is 0 Å². The molecule has 19 heavy (non-hydrogen) atoms. The number of rotatable bonds is 6. The zero-order valence-corrected chi connectivity index (χ0v) is 10.8. The van der Waals surface area contributed by atoms with Gasteiger partial charge in [0.05, 0.1) is 17.9 Å². The molecule has 0 atom stereocenters. The van der Waals surface area contributed by atoms with Crippen LogP contribution in [0.3, 0.4) is 0 Å². The van der Waals surface area contributed by atoms with E-state index >= 15 is 0 Å². The van der Waals surface area contributed by atoms with Crippen molar-refractivity contribution in [1.82, 2.24) is 0 Å². The molecule has 0 saturated carbocycles. The molecule has 0 aliphatic carbocycles. The molecule has 1 amide bonds. The molecule has 0 unspecified atom stereocenters. The number of carbonyl (C=O) groups is 2. The third-order valence-corrected chi connectivity index (χ3v) is 2.32. The van der Waals surface area contributed by atoms with Gasteiger partial charge in [0.25, 0.3) is 0 Å². The average molecular weight is 266 g/mol. The van der Waals surface area contributed by atoms with Crippen LogP contribution in [0.25, 0.3) is 0 Å². The normalized spacial score (nSPS) is 10.0. The van der Waals surface area contributed by atoms with Crippen LogP contribution in [0.1, 0.15) is 30.1 Å². The first kappa shape index (κ1) is 15.0. The third kappa shape index (κ3) is 4.59. The first-order valence-electron chi connectivity index (χ1n) is 6.08. The molecule has 0 aliphatic heterocycles. The van der Waals surface area contributed by atoms with Crippen molar-refractivity contribution < 1.29 is 19.4 Å². The van der Waals surface area contributed by atoms with E-state index in [1.807, 2.05) is 6.92 Å². The molecule has 0 fully saturated rings. The number of carbonyl (C=O) groups excluding carboxylic acids is 2. The zero-order valence-electron chi connectivity index (χ0n) is 10.8. The summed E-state index contributed by atoms with van der Waals surface area (Å²) < 4.78 is 4.94. The van der Waals surface area contributed by atoms with Crippen LogP contribution >= 0.6 is 0 Å². The summed E-state index contributed by atoms with van der Waals surface area (Å²) >= 11 is 0. The molecule has 0 radical (unpaired) electrons. The van der Waals surface area contributed by atoms with Gasteiger partial charge in [-0.25, -0.2) is 4.79 Å². The number of nitrogens with two attached hydrogens (primary N) is 1. The number of amides is 1. The minimum absolute atomic E-state index is 0.166. The Morgan fingerprint density at radius 3 is 2.74 bits per heavy atom. The lowest BCUT2D eigenvalue weighted by atomic mass is 10.2. The van der Waals surface area contributed by atoms with Gasteiger partial charge in [-0.2, -0.15) is 0 Å². The highest BCUT2D eigenvalue weighted by atomic mass is 16.5. The Bertz CT molecular complexity index is 460. The highest BCUT2D eigenvalue weighted by molar-refractivity contribution is 5.95. The first-order chi connectivity index (χ1) is 9.08. The lowest BCUT2D eigenvalue weighted by molar-refractivity contribution is -0.116. The van der Waals surface area contributed by atoms with Gasteiger partial charge in [0, 0.05) is 13.0 Å². The fourth-order valence-corrected chi connectivity index (χ4v) is 1.39. The maximum absolute atomic E-state index is 11.6. The second-order valence-corrected chi connectivity index (χ2v) is 3.95. The number of hydrogen-bond acceptors (Lipinski definition) is 5. The number of phenols is 1. The Kier molecular flexibility index (Phi) is 5.81. The molecule has 0 saturated heterocycles. The number of aromatic hydroxyl groups is 1. The van der Waals surface area contributed by atoms with Crippen LogP contribution in [0.2, 0.25) is 0 Å². The zero-order chi connectivity index (χ0) is 14.3. The summed E-state index contributed by atoms with van der Waals surface area (Å²) in [5, 5.41) is 12.2. The van der Waals surface area contributed by atoms with E-state index in [1.165, 1.54) is 18.2 Å². The molecule has 104 valence electrons. The summed E-state index contributed by atoms with van der Waals surface area (Å²) in [7, 11) is 0. The highest BCUT2D eigenvalue weighted by Crippen LogP contribution is 2.24. The molecular formula is C13H18N2O4. The van der Waals surface area contributed by atoms with Gasteiger partial charge in [0.1, 0.15) is 5.75 Å². The van der Waals surface area contributed by atoms with Crippen molar-refractivity contribution in [2.45, 2.75) is 19.8 Å². The number of anilines is 1. The molecule has 1 rings (SSSR count). The molecule has 6 heteroatoms. The van der Waals surface area contributed by atoms with Crippen molar-refractivity contribution in [3.05, 3.63) is 23.8 Å². The van der Waals surface area contributed by atoms with Crippen LogP contribution in [-0.2, 0) is 9.53 Å². The number of esters is 1. The monoisotopic (exact) mass is 266 g/mol. The van der Waals surface area contributed by atoms with Crippen LogP contribution in [0, 0.1) is 0 Å². The molecule has 0 aromatic heterocycles. The van der Waals surface area contributed by atoms with Gasteiger partial charge >= 0.3 is 5.97 Å². The van der Waals surface area contributed by atoms with Gasteiger partial charge in [-0.15, -0.1) is 0 Å². The maximum Gasteiger partial charge on any atom is 0.338 e. The first-order valence-corrected chi connectivity index (χ1v) is 6.08. The van der Waals surface area contributed by atoms with E-state index in [2.05, 4.69) is 5.32 Å². The smallest absolute Gasteiger partial charge is 0.338 e. The molecule has 0 aliphatic rings. The summed E-state index contributed by atoms with van der Waals surface area (Å²) in [5.74, 6) is -0.979. The number of ether oxygens (including phenoxy) is 1. The Balaban J connectivity index is 2.74. The lowest BCUT2D eigenvalue weighted by Crippen LogP contribution is -2.16. The van der Waals surface area contributed by atoms with Crippen molar-refractivity contribution in [2.24, 2.45) is 5.73 Å². The van der Waals surface area contributed by atoms with Crippen molar-refractivity contribution in [2.75, 3.05) is 18.5 Å². The Hall–Kier alpha value is -2.08. The van der Waals surface area contributed by atoms with E-state index in [9.17, 15) is 14.7 Å². The highest BCUT2D eigenvalue weighted by Gasteiger charge is 2.11. The van der Waals surface area contributed by atoms with Gasteiger partial charge in [-0.05, 0) is 24.6 Å². The summed E-state index contributed by atoms with van der Waals surface area (Å²) in [6.07, 6.45) is 0.894. The quantitative estimate of drug-likeness (QED) is 0.531. The Morgan fingerprint density at radius 1 is 1.42 bits per heavy atom. The molecule has 4 N–H and O–H groups in total. The van der Waals surface area contributed by atoms with Gasteiger partial charge in [-0.3, -0.25) is 4.79 Å². The van der Waals surface area contributed by atoms with Crippen LogP contribution in [-0.4, -0.2) is 30.1 Å². The summed E-state index contributed by atoms with van der Waals surface area (Å²) in [5.41, 5.74) is 5.73. The second kappa shape index (κ2) is 7.38. The fraction of sp³-hybridized carbons (Fsp3) is 0.385. The number of benzene rings is 1. The maximum atomic E-state index is 11.6. The average Bonchev–Trinajstić information content (AvgIpc) is 2.38. The summed E-state index contributed by atoms with van der Waals surface area (Å²) in [6, 6.07) is 4.19. The summed E-state index contributed by atoms with van der Waals surface area (Å²) in [4.78, 5) is 22.9. The predicted octanol–water partition coefficient (Wildman–Crippen LogP) is 1.25. The number of phenolic OH excluding ortho intramolecular Hbond substituents is 1. The molecule has 0 heterocycles. The van der Waals surface area contributed by atoms with E-state index < -0.39 is 5.97 Å². The fourth-order valence-electron chi connectivity index (χ4n) is 1.39. The van der Waals surface area contributed by atoms with Crippen molar-refractivity contribution >= 4 is 17.6 Å². The molecule has 0 spiro atoms. The summed E-state index contributed by atoms with van der Waals surface area (Å²) in [6.45, 7) is 2.45. The minimum Gasteiger partial charge on any atom is -0.506 e. The van der Waals surface area contributed by atoms with Gasteiger partial charge in [0.2, 0.25) is 5.91 Å². The topological polar surface area (TPSA) is 102 Å². The van der Waals surface area contributed by atoms with Gasteiger partial charge in [-0.1, -0.05) is 6.92 Å². The Labute approximate surface area is 111 Å². The van der Waals surface area contributed by atoms with E-state index in [0.29, 0.717) is 6.61 Å². The Morgan fingerprint density at radius 2 is 2.16 bits per heavy atom. The van der Waals surface area contributed by atoms with E-state index in [0.717, 1.165) is 6.42 Å². The molecular weight excluding hydrogens is 248 g/mol. The largest absolute Gasteiger partial charge is 0.506 e. The molecule has 0 bridgehead atoms. The van der Waals surface area contributed by atoms with Crippen LogP contribution in [0.15, 0.2) is 18.2 Å². The second-order valence-electron chi connectivity index (χ2n) is 3.95. The standard InChI is InChI=1S/C13H18N2O4/c1-2-7-19-13(18)9-3-4-10(11(16)8-9)15-12(17)5-6-14/h3-4,8,16H,2,5-7,14H2,1H3,(H,15,17). The van der Waals surface area contributed by atoms with E-state index in [1.54, 1.807) is 0 Å². The molecule has 1 aromatic carbocycles. The van der Waals surface area contributed by atoms with Gasteiger partial charge < -0.3 is 20.9 Å². The van der Waals surface area contributed by atoms with E-state index in [4.69, 9.17) is 10.5 Å². The lowest BCUT2D eigenvalue weighted by Gasteiger charge is -2.08. The van der Waals surface area contributed by atoms with E-state index in [-0.39, 0.29) is 35.9 Å².